The Bertz CT molecular complexity index is 1130. The molecule has 0 atom stereocenters. The fourth-order valence-corrected chi connectivity index (χ4v) is 5.81. The molecule has 6 nitrogen and oxygen atoms in total. The normalized spacial score (nSPS) is 11.2. The number of hydrogen-bond donors (Lipinski definition) is 1. The van der Waals surface area contributed by atoms with E-state index in [0.717, 1.165) is 11.3 Å². The van der Waals surface area contributed by atoms with Gasteiger partial charge in [0.05, 0.1) is 4.90 Å². The first-order valence-electron chi connectivity index (χ1n) is 7.92. The van der Waals surface area contributed by atoms with E-state index >= 15 is 0 Å². The third-order valence-corrected chi connectivity index (χ3v) is 7.43. The highest BCUT2D eigenvalue weighted by atomic mass is 79.9. The number of benzene rings is 2. The van der Waals surface area contributed by atoms with Crippen molar-refractivity contribution in [3.63, 3.8) is 0 Å². The summed E-state index contributed by atoms with van der Waals surface area (Å²) in [6.07, 6.45) is -0.681. The minimum Gasteiger partial charge on any atom is -0.442 e. The van der Waals surface area contributed by atoms with Crippen LogP contribution in [0.3, 0.4) is 0 Å². The second kappa shape index (κ2) is 8.38. The first-order valence-corrected chi connectivity index (χ1v) is 11.0. The molecule has 0 saturated heterocycles. The molecule has 0 spiro atoms. The predicted molar refractivity (Wildman–Crippen MR) is 106 cm³/mol. The molecule has 0 bridgehead atoms. The summed E-state index contributed by atoms with van der Waals surface area (Å²) in [7, 11) is -2.58. The highest BCUT2D eigenvalue weighted by molar-refractivity contribution is 9.10. The van der Waals surface area contributed by atoms with Crippen molar-refractivity contribution in [3.8, 4) is 11.3 Å². The first-order chi connectivity index (χ1) is 13.3. The molecular weight excluding hydrogens is 471 g/mol. The molecule has 0 unspecified atom stereocenters. The maximum absolute atomic E-state index is 14.4. The molecule has 3 aromatic rings. The highest BCUT2D eigenvalue weighted by Gasteiger charge is 2.28. The van der Waals surface area contributed by atoms with E-state index in [1.165, 1.54) is 37.4 Å². The van der Waals surface area contributed by atoms with Crippen LogP contribution in [0.5, 0.6) is 0 Å². The number of nitrogens with zero attached hydrogens (tertiary/aromatic N) is 1. The maximum atomic E-state index is 14.4. The summed E-state index contributed by atoms with van der Waals surface area (Å²) in [5.41, 5.74) is 0.0390. The molecule has 28 heavy (non-hydrogen) atoms. The SMILES string of the molecule is CNC(=O)OCc1nc(-c2ccccc2F)c(S(=O)(=O)c2cccc(Br)c2)s1. The zero-order valence-corrected chi connectivity index (χ0v) is 17.7. The van der Waals surface area contributed by atoms with Gasteiger partial charge in [0.2, 0.25) is 9.84 Å². The van der Waals surface area contributed by atoms with Gasteiger partial charge in [-0.15, -0.1) is 11.3 Å². The van der Waals surface area contributed by atoms with Crippen molar-refractivity contribution in [1.82, 2.24) is 10.3 Å². The van der Waals surface area contributed by atoms with Gasteiger partial charge in [-0.2, -0.15) is 0 Å². The van der Waals surface area contributed by atoms with E-state index in [1.54, 1.807) is 18.2 Å². The third kappa shape index (κ3) is 4.23. The summed E-state index contributed by atoms with van der Waals surface area (Å²) in [4.78, 5) is 15.6. The molecule has 1 amide bonds. The average molecular weight is 485 g/mol. The second-order valence-electron chi connectivity index (χ2n) is 5.51. The zero-order chi connectivity index (χ0) is 20.3. The molecule has 0 fully saturated rings. The smallest absolute Gasteiger partial charge is 0.407 e. The molecular formula is C18H14BrFN2O4S2. The van der Waals surface area contributed by atoms with Gasteiger partial charge in [-0.25, -0.2) is 22.6 Å². The van der Waals surface area contributed by atoms with Crippen LogP contribution in [0, 0.1) is 5.82 Å². The number of carbonyl (C=O) groups is 1. The van der Waals surface area contributed by atoms with Crippen molar-refractivity contribution in [2.75, 3.05) is 7.05 Å². The molecule has 10 heteroatoms. The van der Waals surface area contributed by atoms with Crippen molar-refractivity contribution in [3.05, 3.63) is 63.8 Å². The van der Waals surface area contributed by atoms with Crippen LogP contribution >= 0.6 is 27.3 Å². The Labute approximate surface area is 173 Å². The molecule has 3 rings (SSSR count). The van der Waals surface area contributed by atoms with Crippen molar-refractivity contribution < 1.29 is 22.3 Å². The van der Waals surface area contributed by atoms with Crippen LogP contribution in [-0.4, -0.2) is 26.5 Å². The van der Waals surface area contributed by atoms with E-state index in [-0.39, 0.29) is 32.0 Å². The fraction of sp³-hybridized carbons (Fsp3) is 0.111. The Morgan fingerprint density at radius 1 is 1.25 bits per heavy atom. The number of aromatic nitrogens is 1. The number of carbonyl (C=O) groups excluding carboxylic acids is 1. The van der Waals surface area contributed by atoms with Crippen LogP contribution in [0.1, 0.15) is 5.01 Å². The molecule has 1 heterocycles. The van der Waals surface area contributed by atoms with Gasteiger partial charge in [0.25, 0.3) is 0 Å². The summed E-state index contributed by atoms with van der Waals surface area (Å²) >= 11 is 4.09. The van der Waals surface area contributed by atoms with E-state index in [4.69, 9.17) is 4.74 Å². The number of alkyl carbamates (subject to hydrolysis) is 1. The van der Waals surface area contributed by atoms with Crippen LogP contribution in [0.25, 0.3) is 11.3 Å². The lowest BCUT2D eigenvalue weighted by molar-refractivity contribution is 0.142. The number of rotatable bonds is 5. The molecule has 146 valence electrons. The molecule has 0 aliphatic rings. The van der Waals surface area contributed by atoms with E-state index < -0.39 is 21.7 Å². The van der Waals surface area contributed by atoms with Gasteiger partial charge in [0.15, 0.2) is 4.21 Å². The summed E-state index contributed by atoms with van der Waals surface area (Å²) in [6.45, 7) is -0.236. The third-order valence-electron chi connectivity index (χ3n) is 3.65. The molecule has 1 N–H and O–H groups in total. The molecule has 0 radical (unpaired) electrons. The fourth-order valence-electron chi connectivity index (χ4n) is 2.36. The van der Waals surface area contributed by atoms with Gasteiger partial charge in [-0.1, -0.05) is 34.1 Å². The topological polar surface area (TPSA) is 85.4 Å². The summed E-state index contributed by atoms with van der Waals surface area (Å²) in [5, 5.41) is 2.52. The van der Waals surface area contributed by atoms with Gasteiger partial charge in [0, 0.05) is 17.1 Å². The summed E-state index contributed by atoms with van der Waals surface area (Å²) in [6, 6.07) is 12.0. The van der Waals surface area contributed by atoms with E-state index in [9.17, 15) is 17.6 Å². The van der Waals surface area contributed by atoms with Gasteiger partial charge in [-0.3, -0.25) is 0 Å². The Hall–Kier alpha value is -2.30. The Morgan fingerprint density at radius 2 is 2.00 bits per heavy atom. The lowest BCUT2D eigenvalue weighted by atomic mass is 10.1. The van der Waals surface area contributed by atoms with Crippen molar-refractivity contribution >= 4 is 43.2 Å². The largest absolute Gasteiger partial charge is 0.442 e. The van der Waals surface area contributed by atoms with Gasteiger partial charge in [-0.05, 0) is 30.3 Å². The number of nitrogens with one attached hydrogen (secondary N) is 1. The quantitative estimate of drug-likeness (QED) is 0.579. The van der Waals surface area contributed by atoms with Crippen LogP contribution in [-0.2, 0) is 21.2 Å². The monoisotopic (exact) mass is 484 g/mol. The lowest BCUT2D eigenvalue weighted by Gasteiger charge is -2.06. The van der Waals surface area contributed by atoms with Crippen LogP contribution in [0.2, 0.25) is 0 Å². The molecule has 2 aromatic carbocycles. The van der Waals surface area contributed by atoms with Crippen molar-refractivity contribution in [2.24, 2.45) is 0 Å². The van der Waals surface area contributed by atoms with Crippen LogP contribution in [0.4, 0.5) is 9.18 Å². The molecule has 0 aliphatic heterocycles. The number of amides is 1. The lowest BCUT2D eigenvalue weighted by Crippen LogP contribution is -2.18. The minimum atomic E-state index is -3.98. The highest BCUT2D eigenvalue weighted by Crippen LogP contribution is 2.37. The average Bonchev–Trinajstić information content (AvgIpc) is 3.11. The van der Waals surface area contributed by atoms with E-state index in [2.05, 4.69) is 26.2 Å². The number of hydrogen-bond acceptors (Lipinski definition) is 6. The Kier molecular flexibility index (Phi) is 6.11. The predicted octanol–water partition coefficient (Wildman–Crippen LogP) is 4.40. The molecule has 0 aliphatic carbocycles. The van der Waals surface area contributed by atoms with Crippen molar-refractivity contribution in [1.29, 1.82) is 0 Å². The van der Waals surface area contributed by atoms with Crippen LogP contribution in [0.15, 0.2) is 62.1 Å². The summed E-state index contributed by atoms with van der Waals surface area (Å²) in [5.74, 6) is -0.600. The standard InChI is InChI=1S/C18H14BrFN2O4S2/c1-21-18(23)26-10-15-22-16(13-7-2-3-8-14(13)20)17(27-15)28(24,25)12-6-4-5-11(19)9-12/h2-9H,10H2,1H3,(H,21,23). The van der Waals surface area contributed by atoms with E-state index in [0.29, 0.717) is 4.47 Å². The first kappa shape index (κ1) is 20.4. The summed E-state index contributed by atoms with van der Waals surface area (Å²) < 4.78 is 46.2. The van der Waals surface area contributed by atoms with Gasteiger partial charge >= 0.3 is 6.09 Å². The Morgan fingerprint density at radius 3 is 2.68 bits per heavy atom. The van der Waals surface area contributed by atoms with Gasteiger partial charge < -0.3 is 10.1 Å². The van der Waals surface area contributed by atoms with Gasteiger partial charge in [0.1, 0.15) is 23.1 Å². The number of halogens is 2. The number of ether oxygens (including phenoxy) is 1. The van der Waals surface area contributed by atoms with Crippen molar-refractivity contribution in [2.45, 2.75) is 15.7 Å². The Balaban J connectivity index is 2.14. The zero-order valence-electron chi connectivity index (χ0n) is 14.5. The minimum absolute atomic E-state index is 0.0152. The molecule has 1 aromatic heterocycles. The maximum Gasteiger partial charge on any atom is 0.407 e. The van der Waals surface area contributed by atoms with Crippen LogP contribution < -0.4 is 5.32 Å². The second-order valence-corrected chi connectivity index (χ2v) is 9.65. The number of sulfone groups is 1. The number of thiazole rings is 1. The molecule has 0 saturated carbocycles. The van der Waals surface area contributed by atoms with E-state index in [1.807, 2.05) is 0 Å².